The summed E-state index contributed by atoms with van der Waals surface area (Å²) in [5, 5.41) is 15.8. The van der Waals surface area contributed by atoms with Gasteiger partial charge < -0.3 is 20.5 Å². The number of carbonyl (C=O) groups is 1. The Labute approximate surface area is 96.6 Å². The van der Waals surface area contributed by atoms with Crippen molar-refractivity contribution < 1.29 is 14.6 Å². The quantitative estimate of drug-likeness (QED) is 0.583. The Kier molecular flexibility index (Phi) is 5.18. The first-order valence-electron chi connectivity index (χ1n) is 5.82. The number of ether oxygens (including phenoxy) is 1. The van der Waals surface area contributed by atoms with Crippen LogP contribution in [0.1, 0.15) is 26.7 Å². The van der Waals surface area contributed by atoms with Crippen molar-refractivity contribution in [3.8, 4) is 0 Å². The molecular formula is C11H22N2O3. The number of rotatable bonds is 6. The van der Waals surface area contributed by atoms with Gasteiger partial charge in [-0.05, 0) is 0 Å². The van der Waals surface area contributed by atoms with Crippen molar-refractivity contribution in [2.45, 2.75) is 38.3 Å². The molecule has 1 heterocycles. The molecule has 0 aromatic rings. The zero-order valence-electron chi connectivity index (χ0n) is 10.1. The van der Waals surface area contributed by atoms with Crippen molar-refractivity contribution in [2.24, 2.45) is 0 Å². The van der Waals surface area contributed by atoms with E-state index < -0.39 is 5.60 Å². The van der Waals surface area contributed by atoms with Crippen LogP contribution in [0.15, 0.2) is 0 Å². The molecule has 16 heavy (non-hydrogen) atoms. The average molecular weight is 230 g/mol. The third-order valence-electron chi connectivity index (χ3n) is 2.60. The molecule has 1 aliphatic rings. The zero-order chi connectivity index (χ0) is 12.0. The number of aliphatic hydroxyl groups is 1. The number of carbonyl (C=O) groups excluding carboxylic acids is 1. The molecule has 0 aliphatic carbocycles. The zero-order valence-corrected chi connectivity index (χ0v) is 10.1. The Morgan fingerprint density at radius 1 is 1.56 bits per heavy atom. The fourth-order valence-electron chi connectivity index (χ4n) is 1.56. The summed E-state index contributed by atoms with van der Waals surface area (Å²) >= 11 is 0. The lowest BCUT2D eigenvalue weighted by Crippen LogP contribution is -2.44. The second kappa shape index (κ2) is 6.18. The van der Waals surface area contributed by atoms with Crippen molar-refractivity contribution in [1.29, 1.82) is 0 Å². The Morgan fingerprint density at radius 2 is 2.31 bits per heavy atom. The van der Waals surface area contributed by atoms with Crippen LogP contribution in [0.5, 0.6) is 0 Å². The van der Waals surface area contributed by atoms with E-state index in [0.717, 1.165) is 0 Å². The van der Waals surface area contributed by atoms with Gasteiger partial charge in [-0.3, -0.25) is 4.79 Å². The fraction of sp³-hybridized carbons (Fsp3) is 0.909. The summed E-state index contributed by atoms with van der Waals surface area (Å²) in [5.74, 6) is -0.0338. The lowest BCUT2D eigenvalue weighted by molar-refractivity contribution is -0.122. The van der Waals surface area contributed by atoms with Crippen LogP contribution in [0.2, 0.25) is 0 Å². The third kappa shape index (κ3) is 4.92. The largest absolute Gasteiger partial charge is 0.386 e. The van der Waals surface area contributed by atoms with Gasteiger partial charge in [0.1, 0.15) is 5.60 Å². The molecule has 0 aromatic carbocycles. The van der Waals surface area contributed by atoms with Gasteiger partial charge in [0.2, 0.25) is 5.91 Å². The minimum atomic E-state index is -0.860. The highest BCUT2D eigenvalue weighted by atomic mass is 16.5. The molecule has 94 valence electrons. The van der Waals surface area contributed by atoms with Crippen molar-refractivity contribution in [3.63, 3.8) is 0 Å². The molecule has 3 N–H and O–H groups in total. The monoisotopic (exact) mass is 230 g/mol. The summed E-state index contributed by atoms with van der Waals surface area (Å²) in [4.78, 5) is 11.4. The van der Waals surface area contributed by atoms with E-state index in [9.17, 15) is 9.90 Å². The fourth-order valence-corrected chi connectivity index (χ4v) is 1.56. The van der Waals surface area contributed by atoms with E-state index in [1.54, 1.807) is 0 Å². The minimum absolute atomic E-state index is 0.0338. The molecule has 1 fully saturated rings. The Balaban J connectivity index is 2.10. The van der Waals surface area contributed by atoms with Gasteiger partial charge in [-0.15, -0.1) is 0 Å². The predicted molar refractivity (Wildman–Crippen MR) is 61.2 cm³/mol. The number of hydrogen-bond donors (Lipinski definition) is 3. The maximum absolute atomic E-state index is 11.4. The Hall–Kier alpha value is -0.650. The normalized spacial score (nSPS) is 25.0. The van der Waals surface area contributed by atoms with Gasteiger partial charge in [0.25, 0.3) is 0 Å². The van der Waals surface area contributed by atoms with E-state index in [1.165, 1.54) is 0 Å². The molecule has 1 atom stereocenters. The SMILES string of the molecule is CC(C)NCCC(=O)NCC1(O)CCOC1. The molecule has 1 aliphatic heterocycles. The first kappa shape index (κ1) is 13.4. The average Bonchev–Trinajstić information content (AvgIpc) is 2.62. The van der Waals surface area contributed by atoms with Crippen LogP contribution in [-0.2, 0) is 9.53 Å². The van der Waals surface area contributed by atoms with E-state index in [-0.39, 0.29) is 12.5 Å². The van der Waals surface area contributed by atoms with Gasteiger partial charge in [0, 0.05) is 38.6 Å². The van der Waals surface area contributed by atoms with E-state index >= 15 is 0 Å². The van der Waals surface area contributed by atoms with Crippen LogP contribution >= 0.6 is 0 Å². The predicted octanol–water partition coefficient (Wildman–Crippen LogP) is -0.358. The lowest BCUT2D eigenvalue weighted by Gasteiger charge is -2.20. The van der Waals surface area contributed by atoms with E-state index in [4.69, 9.17) is 4.74 Å². The van der Waals surface area contributed by atoms with Crippen molar-refractivity contribution in [2.75, 3.05) is 26.3 Å². The van der Waals surface area contributed by atoms with Gasteiger partial charge in [-0.2, -0.15) is 0 Å². The summed E-state index contributed by atoms with van der Waals surface area (Å²) in [6, 6.07) is 0.389. The molecule has 1 unspecified atom stereocenters. The van der Waals surface area contributed by atoms with E-state index in [2.05, 4.69) is 10.6 Å². The highest BCUT2D eigenvalue weighted by Gasteiger charge is 2.32. The van der Waals surface area contributed by atoms with Crippen LogP contribution in [0.25, 0.3) is 0 Å². The maximum atomic E-state index is 11.4. The van der Waals surface area contributed by atoms with E-state index in [1.807, 2.05) is 13.8 Å². The van der Waals surface area contributed by atoms with Crippen LogP contribution in [0.4, 0.5) is 0 Å². The summed E-state index contributed by atoms with van der Waals surface area (Å²) in [5.41, 5.74) is -0.860. The van der Waals surface area contributed by atoms with Gasteiger partial charge in [-0.25, -0.2) is 0 Å². The molecule has 1 saturated heterocycles. The van der Waals surface area contributed by atoms with Crippen LogP contribution in [0, 0.1) is 0 Å². The van der Waals surface area contributed by atoms with Crippen molar-refractivity contribution in [3.05, 3.63) is 0 Å². The molecule has 5 heteroatoms. The van der Waals surface area contributed by atoms with Crippen LogP contribution < -0.4 is 10.6 Å². The van der Waals surface area contributed by atoms with Gasteiger partial charge in [-0.1, -0.05) is 13.8 Å². The van der Waals surface area contributed by atoms with Crippen molar-refractivity contribution >= 4 is 5.91 Å². The number of amides is 1. The van der Waals surface area contributed by atoms with Gasteiger partial charge in [0.15, 0.2) is 0 Å². The molecule has 1 amide bonds. The summed E-state index contributed by atoms with van der Waals surface area (Å²) in [7, 11) is 0. The minimum Gasteiger partial charge on any atom is -0.386 e. The van der Waals surface area contributed by atoms with Crippen molar-refractivity contribution in [1.82, 2.24) is 10.6 Å². The molecule has 5 nitrogen and oxygen atoms in total. The molecule has 1 rings (SSSR count). The molecule has 0 saturated carbocycles. The van der Waals surface area contributed by atoms with Crippen LogP contribution in [-0.4, -0.2) is 49.0 Å². The second-order valence-corrected chi connectivity index (χ2v) is 4.66. The molecule has 0 spiro atoms. The van der Waals surface area contributed by atoms with Crippen LogP contribution in [0.3, 0.4) is 0 Å². The number of hydrogen-bond acceptors (Lipinski definition) is 4. The van der Waals surface area contributed by atoms with Gasteiger partial charge >= 0.3 is 0 Å². The number of nitrogens with one attached hydrogen (secondary N) is 2. The Bertz CT molecular complexity index is 225. The van der Waals surface area contributed by atoms with E-state index in [0.29, 0.717) is 38.6 Å². The van der Waals surface area contributed by atoms with Gasteiger partial charge in [0.05, 0.1) is 6.61 Å². The molecule has 0 radical (unpaired) electrons. The first-order valence-corrected chi connectivity index (χ1v) is 5.82. The third-order valence-corrected chi connectivity index (χ3v) is 2.60. The molecule has 0 bridgehead atoms. The highest BCUT2D eigenvalue weighted by molar-refractivity contribution is 5.76. The molecular weight excluding hydrogens is 208 g/mol. The summed E-state index contributed by atoms with van der Waals surface area (Å²) in [6.45, 7) is 5.91. The standard InChI is InChI=1S/C11H22N2O3/c1-9(2)12-5-3-10(14)13-7-11(15)4-6-16-8-11/h9,12,15H,3-8H2,1-2H3,(H,13,14). The highest BCUT2D eigenvalue weighted by Crippen LogP contribution is 2.16. The molecule has 0 aromatic heterocycles. The maximum Gasteiger partial charge on any atom is 0.221 e. The second-order valence-electron chi connectivity index (χ2n) is 4.66. The smallest absolute Gasteiger partial charge is 0.221 e. The lowest BCUT2D eigenvalue weighted by atomic mass is 10.0. The summed E-state index contributed by atoms with van der Waals surface area (Å²) < 4.78 is 5.09. The first-order chi connectivity index (χ1) is 7.52. The Morgan fingerprint density at radius 3 is 2.88 bits per heavy atom. The summed E-state index contributed by atoms with van der Waals surface area (Å²) in [6.07, 6.45) is 1.03. The topological polar surface area (TPSA) is 70.6 Å².